The van der Waals surface area contributed by atoms with Crippen LogP contribution >= 0.6 is 22.6 Å². The van der Waals surface area contributed by atoms with Crippen LogP contribution in [0, 0.1) is 0 Å². The average Bonchev–Trinajstić information content (AvgIpc) is 1.68. The van der Waals surface area contributed by atoms with Crippen LogP contribution in [0.25, 0.3) is 0 Å². The van der Waals surface area contributed by atoms with Gasteiger partial charge in [0.25, 0.3) is 8.05 Å². The summed E-state index contributed by atoms with van der Waals surface area (Å²) >= 11 is 2.11. The summed E-state index contributed by atoms with van der Waals surface area (Å²) in [5.74, 6) is 0. The van der Waals surface area contributed by atoms with E-state index in [1.54, 1.807) is 8.05 Å². The van der Waals surface area contributed by atoms with Crippen LogP contribution in [-0.2, 0) is 4.65 Å². The molecule has 1 N–H and O–H groups in total. The molecule has 0 amide bonds. The Hall–Kier alpha value is 0.715. The third kappa shape index (κ3) is 4.57. The van der Waals surface area contributed by atoms with Gasteiger partial charge in [-0.25, -0.2) is 0 Å². The number of rotatable bonds is 3. The molecule has 0 aliphatic carbocycles. The second-order valence-electron chi connectivity index (χ2n) is 1.26. The first kappa shape index (κ1) is 7.71. The van der Waals surface area contributed by atoms with Gasteiger partial charge in [0.1, 0.15) is 0 Å². The number of aliphatic hydroxyl groups excluding tert-OH is 1. The minimum absolute atomic E-state index is 0.286. The Morgan fingerprint density at radius 3 is 2.57 bits per heavy atom. The smallest absolute Gasteiger partial charge is 0.257 e. The van der Waals surface area contributed by atoms with Gasteiger partial charge in [-0.2, -0.15) is 0 Å². The average molecular weight is 214 g/mol. The van der Waals surface area contributed by atoms with E-state index in [9.17, 15) is 0 Å². The van der Waals surface area contributed by atoms with Crippen molar-refractivity contribution in [3.8, 4) is 0 Å². The van der Waals surface area contributed by atoms with Crippen LogP contribution in [0.1, 0.15) is 0 Å². The molecule has 1 atom stereocenters. The molecule has 0 rings (SSSR count). The molecule has 0 radical (unpaired) electrons. The summed E-state index contributed by atoms with van der Waals surface area (Å²) in [5.41, 5.74) is 0. The highest BCUT2D eigenvalue weighted by Gasteiger charge is 1.96. The van der Waals surface area contributed by atoms with E-state index in [4.69, 9.17) is 5.11 Å². The molecule has 1 unspecified atom stereocenters. The van der Waals surface area contributed by atoms with Crippen molar-refractivity contribution in [2.24, 2.45) is 0 Å². The van der Waals surface area contributed by atoms with Crippen molar-refractivity contribution in [3.05, 3.63) is 0 Å². The molecule has 4 heteroatoms. The molecule has 7 heavy (non-hydrogen) atoms. The predicted molar refractivity (Wildman–Crippen MR) is 39.4 cm³/mol. The van der Waals surface area contributed by atoms with Crippen molar-refractivity contribution in [2.75, 3.05) is 11.0 Å². The van der Waals surface area contributed by atoms with Crippen molar-refractivity contribution >= 4 is 30.6 Å². The van der Waals surface area contributed by atoms with Crippen LogP contribution in [0.3, 0.4) is 0 Å². The first-order valence-corrected chi connectivity index (χ1v) is 3.56. The van der Waals surface area contributed by atoms with Gasteiger partial charge in [0, 0.05) is 4.43 Å². The molecule has 0 saturated heterocycles. The van der Waals surface area contributed by atoms with Gasteiger partial charge in [0.15, 0.2) is 0 Å². The topological polar surface area (TPSA) is 29.5 Å². The lowest BCUT2D eigenvalue weighted by molar-refractivity contribution is 0.135. The molecule has 0 fully saturated rings. The molecule has 0 spiro atoms. The van der Waals surface area contributed by atoms with Crippen LogP contribution in [0.2, 0.25) is 0 Å². The van der Waals surface area contributed by atoms with E-state index in [-0.39, 0.29) is 6.10 Å². The van der Waals surface area contributed by atoms with Crippen molar-refractivity contribution < 1.29 is 9.76 Å². The van der Waals surface area contributed by atoms with Crippen LogP contribution < -0.4 is 0 Å². The summed E-state index contributed by atoms with van der Waals surface area (Å²) in [4.78, 5) is 0. The van der Waals surface area contributed by atoms with Crippen LogP contribution in [0.4, 0.5) is 0 Å². The first-order chi connectivity index (χ1) is 3.31. The van der Waals surface area contributed by atoms with Crippen LogP contribution in [-0.4, -0.2) is 30.3 Å². The molecule has 0 aromatic rings. The monoisotopic (exact) mass is 214 g/mol. The van der Waals surface area contributed by atoms with E-state index in [2.05, 4.69) is 27.2 Å². The van der Waals surface area contributed by atoms with E-state index in [0.717, 1.165) is 4.43 Å². The third-order valence-electron chi connectivity index (χ3n) is 0.537. The maximum Gasteiger partial charge on any atom is 0.257 e. The third-order valence-corrected chi connectivity index (χ3v) is 1.55. The Labute approximate surface area is 57.8 Å². The number of aliphatic hydroxyl groups is 1. The van der Waals surface area contributed by atoms with E-state index >= 15 is 0 Å². The maximum absolute atomic E-state index is 8.73. The molecule has 0 saturated carbocycles. The van der Waals surface area contributed by atoms with Crippen molar-refractivity contribution in [2.45, 2.75) is 6.10 Å². The zero-order chi connectivity index (χ0) is 5.70. The molecule has 0 bridgehead atoms. The van der Waals surface area contributed by atoms with E-state index < -0.39 is 0 Å². The van der Waals surface area contributed by atoms with Crippen molar-refractivity contribution in [1.29, 1.82) is 0 Å². The maximum atomic E-state index is 8.73. The Balaban J connectivity index is 2.83. The number of halogens is 1. The lowest BCUT2D eigenvalue weighted by Crippen LogP contribution is -2.14. The molecule has 2 nitrogen and oxygen atoms in total. The first-order valence-electron chi connectivity index (χ1n) is 2.04. The standard InChI is InChI=1S/C3H8BIO2/c4-7-2-3(6)1-5/h3,6H,1-2,4H2. The fraction of sp³-hybridized carbons (Fsp3) is 1.00. The van der Waals surface area contributed by atoms with Crippen LogP contribution in [0.5, 0.6) is 0 Å². The Morgan fingerprint density at radius 1 is 1.86 bits per heavy atom. The normalized spacial score (nSPS) is 14.0. The van der Waals surface area contributed by atoms with Gasteiger partial charge < -0.3 is 9.76 Å². The second-order valence-corrected chi connectivity index (χ2v) is 2.14. The van der Waals surface area contributed by atoms with Gasteiger partial charge in [-0.15, -0.1) is 0 Å². The van der Waals surface area contributed by atoms with Crippen molar-refractivity contribution in [1.82, 2.24) is 0 Å². The van der Waals surface area contributed by atoms with Gasteiger partial charge in [0.05, 0.1) is 12.7 Å². The molecule has 0 aliphatic rings. The summed E-state index contributed by atoms with van der Waals surface area (Å²) in [7, 11) is 1.58. The summed E-state index contributed by atoms with van der Waals surface area (Å²) in [6, 6.07) is 0. The number of hydrogen-bond acceptors (Lipinski definition) is 2. The lowest BCUT2D eigenvalue weighted by Gasteiger charge is -2.02. The zero-order valence-corrected chi connectivity index (χ0v) is 6.38. The summed E-state index contributed by atoms with van der Waals surface area (Å²) in [6.45, 7) is 0.447. The van der Waals surface area contributed by atoms with Gasteiger partial charge in [0.2, 0.25) is 0 Å². The highest BCUT2D eigenvalue weighted by Crippen LogP contribution is 1.89. The highest BCUT2D eigenvalue weighted by molar-refractivity contribution is 14.1. The fourth-order valence-electron chi connectivity index (χ4n) is 0.237. The molecule has 0 aliphatic heterocycles. The summed E-state index contributed by atoms with van der Waals surface area (Å²) < 4.78 is 5.38. The minimum atomic E-state index is -0.286. The highest BCUT2D eigenvalue weighted by atomic mass is 127. The molecular formula is C3H8BIO2. The Morgan fingerprint density at radius 2 is 2.43 bits per heavy atom. The SMILES string of the molecule is BOCC(O)CI. The van der Waals surface area contributed by atoms with E-state index in [1.807, 2.05) is 0 Å². The van der Waals surface area contributed by atoms with Gasteiger partial charge >= 0.3 is 0 Å². The second kappa shape index (κ2) is 4.86. The summed E-state index contributed by atoms with van der Waals surface area (Å²) in [5, 5.41) is 8.73. The van der Waals surface area contributed by atoms with Crippen molar-refractivity contribution in [3.63, 3.8) is 0 Å². The largest absolute Gasteiger partial charge is 0.441 e. The molecule has 0 heterocycles. The quantitative estimate of drug-likeness (QED) is 0.384. The van der Waals surface area contributed by atoms with E-state index in [1.165, 1.54) is 0 Å². The van der Waals surface area contributed by atoms with Gasteiger partial charge in [-0.3, -0.25) is 0 Å². The van der Waals surface area contributed by atoms with E-state index in [0.29, 0.717) is 6.61 Å². The Bertz CT molecular complexity index is 43.9. The minimum Gasteiger partial charge on any atom is -0.441 e. The van der Waals surface area contributed by atoms with Gasteiger partial charge in [-0.1, -0.05) is 22.6 Å². The molecule has 0 aromatic carbocycles. The molecule has 0 aromatic heterocycles. The summed E-state index contributed by atoms with van der Waals surface area (Å²) in [6.07, 6.45) is -0.286. The zero-order valence-electron chi connectivity index (χ0n) is 4.22. The molecular weight excluding hydrogens is 206 g/mol. The lowest BCUT2D eigenvalue weighted by atomic mass is 10.4. The van der Waals surface area contributed by atoms with Gasteiger partial charge in [-0.05, 0) is 0 Å². The predicted octanol–water partition coefficient (Wildman–Crippen LogP) is -0.653. The number of hydrogen-bond donors (Lipinski definition) is 1. The fourth-order valence-corrected chi connectivity index (χ4v) is 0.491. The Kier molecular flexibility index (Phi) is 5.36. The van der Waals surface area contributed by atoms with Crippen LogP contribution in [0.15, 0.2) is 0 Å². The number of alkyl halides is 1. The molecule has 42 valence electrons.